The first-order valence-corrected chi connectivity index (χ1v) is 10.6. The molecule has 0 unspecified atom stereocenters. The first kappa shape index (κ1) is 24.6. The van der Waals surface area contributed by atoms with Crippen LogP contribution in [0, 0.1) is 6.92 Å². The number of carbonyl (C=O) groups excluding carboxylic acids is 1. The summed E-state index contributed by atoms with van der Waals surface area (Å²) in [6.45, 7) is 5.92. The Bertz CT molecular complexity index is 402. The number of pyridine rings is 1. The van der Waals surface area contributed by atoms with Crippen molar-refractivity contribution in [2.24, 2.45) is 0 Å². The van der Waals surface area contributed by atoms with E-state index < -0.39 is 5.97 Å². The van der Waals surface area contributed by atoms with Gasteiger partial charge in [0.05, 0.1) is 0 Å². The van der Waals surface area contributed by atoms with E-state index in [1.807, 2.05) is 0 Å². The molecule has 0 fully saturated rings. The SMILES string of the molecule is CCCCCCCCCCCCCCCC[n+]1ccccc1.[CH2]C(=O)[O-]. The van der Waals surface area contributed by atoms with Crippen LogP contribution in [-0.4, -0.2) is 5.97 Å². The molecule has 0 spiro atoms. The summed E-state index contributed by atoms with van der Waals surface area (Å²) >= 11 is 0. The molecule has 1 heterocycles. The molecular formula is C23H40NO2. The fourth-order valence-electron chi connectivity index (χ4n) is 3.07. The molecule has 1 aromatic rings. The van der Waals surface area contributed by atoms with E-state index in [2.05, 4.69) is 49.0 Å². The van der Waals surface area contributed by atoms with Crippen molar-refractivity contribution in [2.45, 2.75) is 103 Å². The molecular weight excluding hydrogens is 322 g/mol. The van der Waals surface area contributed by atoms with Gasteiger partial charge in [-0.1, -0.05) is 90.0 Å². The summed E-state index contributed by atoms with van der Waals surface area (Å²) in [4.78, 5) is 8.78. The molecule has 0 bridgehead atoms. The first-order chi connectivity index (χ1) is 12.7. The Balaban J connectivity index is 0.00000141. The van der Waals surface area contributed by atoms with Crippen LogP contribution in [0.2, 0.25) is 0 Å². The van der Waals surface area contributed by atoms with Crippen LogP contribution in [0.15, 0.2) is 30.6 Å². The minimum Gasteiger partial charge on any atom is -0.550 e. The third kappa shape index (κ3) is 20.7. The maximum Gasteiger partial charge on any atom is 0.168 e. The number of nitrogens with zero attached hydrogens (tertiary/aromatic N) is 1. The molecule has 26 heavy (non-hydrogen) atoms. The molecule has 3 nitrogen and oxygen atoms in total. The van der Waals surface area contributed by atoms with E-state index in [-0.39, 0.29) is 0 Å². The van der Waals surface area contributed by atoms with Crippen LogP contribution < -0.4 is 9.67 Å². The van der Waals surface area contributed by atoms with Gasteiger partial charge in [-0.2, -0.15) is 0 Å². The Morgan fingerprint density at radius 1 is 0.731 bits per heavy atom. The van der Waals surface area contributed by atoms with Crippen LogP contribution in [0.1, 0.15) is 96.8 Å². The summed E-state index contributed by atoms with van der Waals surface area (Å²) in [5.74, 6) is -1.33. The average Bonchev–Trinajstić information content (AvgIpc) is 2.62. The molecule has 1 aromatic heterocycles. The predicted octanol–water partition coefficient (Wildman–Crippen LogP) is 5.03. The monoisotopic (exact) mass is 362 g/mol. The number of rotatable bonds is 15. The number of carboxylic acid groups (broad SMARTS) is 1. The summed E-state index contributed by atoms with van der Waals surface area (Å²) in [7, 11) is 0. The van der Waals surface area contributed by atoms with Gasteiger partial charge in [-0.25, -0.2) is 4.57 Å². The molecule has 1 radical (unpaired) electrons. The van der Waals surface area contributed by atoms with Crippen molar-refractivity contribution in [3.8, 4) is 0 Å². The van der Waals surface area contributed by atoms with Gasteiger partial charge < -0.3 is 9.90 Å². The van der Waals surface area contributed by atoms with Gasteiger partial charge in [-0.3, -0.25) is 0 Å². The second kappa shape index (κ2) is 19.9. The second-order valence-electron chi connectivity index (χ2n) is 7.08. The van der Waals surface area contributed by atoms with Gasteiger partial charge in [0.1, 0.15) is 6.54 Å². The van der Waals surface area contributed by atoms with Crippen molar-refractivity contribution in [1.82, 2.24) is 0 Å². The normalized spacial score (nSPS) is 10.2. The molecule has 0 aliphatic carbocycles. The summed E-state index contributed by atoms with van der Waals surface area (Å²) in [6.07, 6.45) is 24.4. The molecule has 0 N–H and O–H groups in total. The molecule has 0 saturated heterocycles. The third-order valence-corrected chi connectivity index (χ3v) is 4.55. The van der Waals surface area contributed by atoms with Crippen molar-refractivity contribution in [2.75, 3.05) is 0 Å². The quantitative estimate of drug-likeness (QED) is 0.324. The summed E-state index contributed by atoms with van der Waals surface area (Å²) < 4.78 is 2.29. The molecule has 149 valence electrons. The van der Waals surface area contributed by atoms with E-state index in [9.17, 15) is 0 Å². The van der Waals surface area contributed by atoms with Gasteiger partial charge >= 0.3 is 0 Å². The number of carboxylic acids is 1. The number of hydrogen-bond acceptors (Lipinski definition) is 2. The van der Waals surface area contributed by atoms with Gasteiger partial charge in [-0.05, 0) is 13.3 Å². The van der Waals surface area contributed by atoms with E-state index in [0.717, 1.165) is 0 Å². The van der Waals surface area contributed by atoms with Crippen molar-refractivity contribution in [1.29, 1.82) is 0 Å². The lowest BCUT2D eigenvalue weighted by Gasteiger charge is -2.02. The highest BCUT2D eigenvalue weighted by molar-refractivity contribution is 5.68. The number of unbranched alkanes of at least 4 members (excludes halogenated alkanes) is 13. The van der Waals surface area contributed by atoms with Gasteiger partial charge in [0.25, 0.3) is 0 Å². The van der Waals surface area contributed by atoms with Crippen molar-refractivity contribution in [3.05, 3.63) is 37.5 Å². The Labute approximate surface area is 161 Å². The number of aryl methyl sites for hydroxylation is 1. The fraction of sp³-hybridized carbons (Fsp3) is 0.696. The Morgan fingerprint density at radius 3 is 1.46 bits per heavy atom. The van der Waals surface area contributed by atoms with Crippen molar-refractivity contribution in [3.63, 3.8) is 0 Å². The number of hydrogen-bond donors (Lipinski definition) is 0. The summed E-state index contributed by atoms with van der Waals surface area (Å²) in [5, 5.41) is 8.78. The van der Waals surface area contributed by atoms with Crippen LogP contribution >= 0.6 is 0 Å². The van der Waals surface area contributed by atoms with E-state index in [0.29, 0.717) is 0 Å². The minimum absolute atomic E-state index is 1.18. The number of carbonyl (C=O) groups is 1. The Morgan fingerprint density at radius 2 is 1.08 bits per heavy atom. The lowest BCUT2D eigenvalue weighted by molar-refractivity contribution is -0.697. The fourth-order valence-corrected chi connectivity index (χ4v) is 3.07. The van der Waals surface area contributed by atoms with Gasteiger partial charge in [0.15, 0.2) is 12.4 Å². The van der Waals surface area contributed by atoms with Crippen molar-refractivity contribution >= 4 is 5.97 Å². The zero-order valence-electron chi connectivity index (χ0n) is 17.0. The Kier molecular flexibility index (Phi) is 18.9. The smallest absolute Gasteiger partial charge is 0.168 e. The molecule has 0 amide bonds. The van der Waals surface area contributed by atoms with E-state index in [1.54, 1.807) is 0 Å². The highest BCUT2D eigenvalue weighted by Crippen LogP contribution is 2.12. The van der Waals surface area contributed by atoms with Crippen LogP contribution in [-0.2, 0) is 11.3 Å². The molecule has 0 aromatic carbocycles. The van der Waals surface area contributed by atoms with Crippen LogP contribution in [0.4, 0.5) is 0 Å². The maximum atomic E-state index is 8.78. The van der Waals surface area contributed by atoms with Crippen molar-refractivity contribution < 1.29 is 14.5 Å². The van der Waals surface area contributed by atoms with Gasteiger partial charge in [-0.15, -0.1) is 0 Å². The Hall–Kier alpha value is -1.38. The largest absolute Gasteiger partial charge is 0.550 e. The zero-order chi connectivity index (χ0) is 19.3. The topological polar surface area (TPSA) is 44.0 Å². The molecule has 1 rings (SSSR count). The van der Waals surface area contributed by atoms with E-state index in [1.165, 1.54) is 96.4 Å². The summed E-state index contributed by atoms with van der Waals surface area (Å²) in [6, 6.07) is 6.31. The molecule has 3 heteroatoms. The van der Waals surface area contributed by atoms with E-state index >= 15 is 0 Å². The predicted molar refractivity (Wildman–Crippen MR) is 107 cm³/mol. The highest BCUT2D eigenvalue weighted by atomic mass is 16.4. The van der Waals surface area contributed by atoms with Crippen LogP contribution in [0.3, 0.4) is 0 Å². The zero-order valence-corrected chi connectivity index (χ0v) is 17.0. The number of aromatic nitrogens is 1. The standard InChI is InChI=1S/C21H38N.C2H3O2/c1-2-3-4-5-6-7-8-9-10-11-12-13-14-16-19-22-20-17-15-18-21-22;1-2(3)4/h15,17-18,20-21H,2-14,16,19H2,1H3;1H2,(H,3,4)/q+1;/p-1. The first-order valence-electron chi connectivity index (χ1n) is 10.6. The molecule has 0 saturated carbocycles. The second-order valence-corrected chi connectivity index (χ2v) is 7.08. The molecule has 0 atom stereocenters. The van der Waals surface area contributed by atoms with Gasteiger partial charge in [0, 0.05) is 24.5 Å². The molecule has 0 aliphatic rings. The lowest BCUT2D eigenvalue weighted by atomic mass is 10.0. The van der Waals surface area contributed by atoms with Crippen LogP contribution in [0.5, 0.6) is 0 Å². The van der Waals surface area contributed by atoms with Crippen LogP contribution in [0.25, 0.3) is 0 Å². The number of aliphatic carboxylic acids is 1. The average molecular weight is 363 g/mol. The summed E-state index contributed by atoms with van der Waals surface area (Å²) in [5.41, 5.74) is 0. The minimum atomic E-state index is -1.33. The maximum absolute atomic E-state index is 8.78. The third-order valence-electron chi connectivity index (χ3n) is 4.55. The van der Waals surface area contributed by atoms with E-state index in [4.69, 9.17) is 9.90 Å². The lowest BCUT2D eigenvalue weighted by Crippen LogP contribution is -2.32. The van der Waals surface area contributed by atoms with Gasteiger partial charge in [0.2, 0.25) is 0 Å². The molecule has 0 aliphatic heterocycles. The highest BCUT2D eigenvalue weighted by Gasteiger charge is 1.98.